The Hall–Kier alpha value is -1.66. The number of carbonyl (C=O) groups is 2. The van der Waals surface area contributed by atoms with Gasteiger partial charge in [-0.25, -0.2) is 0 Å². The second-order valence-electron chi connectivity index (χ2n) is 9.15. The second kappa shape index (κ2) is 24.5. The van der Waals surface area contributed by atoms with E-state index in [0.29, 0.717) is 32.6 Å². The lowest BCUT2D eigenvalue weighted by molar-refractivity contribution is -0.122. The van der Waals surface area contributed by atoms with Crippen LogP contribution in [0.5, 0.6) is 0 Å². The first-order chi connectivity index (χ1) is 16.5. The number of ether oxygens (including phenoxy) is 1. The van der Waals surface area contributed by atoms with Crippen molar-refractivity contribution in [1.82, 2.24) is 10.6 Å². The lowest BCUT2D eigenvalue weighted by atomic mass is 10.0. The van der Waals surface area contributed by atoms with Crippen LogP contribution in [0.25, 0.3) is 0 Å². The third kappa shape index (κ3) is 23.5. The number of carbonyl (C=O) groups excluding carboxylic acids is 2. The van der Waals surface area contributed by atoms with Gasteiger partial charge in [-0.2, -0.15) is 0 Å². The maximum absolute atomic E-state index is 11.7. The van der Waals surface area contributed by atoms with Crippen LogP contribution in [0.3, 0.4) is 0 Å². The Morgan fingerprint density at radius 1 is 0.706 bits per heavy atom. The fraction of sp³-hybridized carbons (Fsp3) is 0.786. The van der Waals surface area contributed by atoms with Gasteiger partial charge in [0.05, 0.1) is 19.8 Å². The molecule has 34 heavy (non-hydrogen) atoms. The van der Waals surface area contributed by atoms with E-state index in [9.17, 15) is 9.59 Å². The van der Waals surface area contributed by atoms with Gasteiger partial charge in [0.1, 0.15) is 0 Å². The molecule has 0 radical (unpaired) electrons. The smallest absolute Gasteiger partial charge is 0.220 e. The van der Waals surface area contributed by atoms with E-state index in [1.165, 1.54) is 43.3 Å². The lowest BCUT2D eigenvalue weighted by Crippen LogP contribution is -2.27. The summed E-state index contributed by atoms with van der Waals surface area (Å²) in [6.07, 6.45) is 19.5. The third-order valence-electron chi connectivity index (χ3n) is 5.78. The molecule has 0 aromatic rings. The predicted molar refractivity (Wildman–Crippen MR) is 142 cm³/mol. The maximum atomic E-state index is 11.7. The molecular formula is C28H52N2O4. The summed E-state index contributed by atoms with van der Waals surface area (Å²) in [5.74, 6) is 0.267. The highest BCUT2D eigenvalue weighted by molar-refractivity contribution is 5.76. The molecule has 0 bridgehead atoms. The van der Waals surface area contributed by atoms with E-state index in [0.717, 1.165) is 51.5 Å². The van der Waals surface area contributed by atoms with E-state index in [4.69, 9.17) is 9.84 Å². The molecule has 2 amide bonds. The van der Waals surface area contributed by atoms with Gasteiger partial charge < -0.3 is 20.5 Å². The largest absolute Gasteiger partial charge is 0.394 e. The zero-order valence-corrected chi connectivity index (χ0v) is 22.3. The molecular weight excluding hydrogens is 428 g/mol. The molecule has 0 aromatic heterocycles. The molecule has 198 valence electrons. The third-order valence-corrected chi connectivity index (χ3v) is 5.78. The van der Waals surface area contributed by atoms with E-state index in [2.05, 4.69) is 36.6 Å². The standard InChI is InChI=1S/C28H52N2O4/c1-4-29-27(32)19-11-7-5-9-15-25(2)17-13-14-18-26(3)16-10-6-8-12-20-28(33)30-21-23-34-24-22-31/h17-18,31H,4-16,19-24H2,1-3H3,(H,29,32)(H,30,33). The van der Waals surface area contributed by atoms with Gasteiger partial charge in [0, 0.05) is 25.9 Å². The van der Waals surface area contributed by atoms with Crippen LogP contribution in [0.15, 0.2) is 23.3 Å². The Labute approximate surface area is 209 Å². The fourth-order valence-electron chi connectivity index (χ4n) is 3.75. The number of nitrogens with one attached hydrogen (secondary N) is 2. The van der Waals surface area contributed by atoms with Gasteiger partial charge >= 0.3 is 0 Å². The van der Waals surface area contributed by atoms with Crippen LogP contribution in [0.1, 0.15) is 111 Å². The number of amides is 2. The van der Waals surface area contributed by atoms with Crippen LogP contribution in [0.4, 0.5) is 0 Å². The van der Waals surface area contributed by atoms with Crippen molar-refractivity contribution in [3.05, 3.63) is 23.3 Å². The number of aliphatic hydroxyl groups is 1. The summed E-state index contributed by atoms with van der Waals surface area (Å²) in [5.41, 5.74) is 2.95. The van der Waals surface area contributed by atoms with Crippen molar-refractivity contribution in [2.45, 2.75) is 111 Å². The van der Waals surface area contributed by atoms with Gasteiger partial charge in [-0.3, -0.25) is 9.59 Å². The van der Waals surface area contributed by atoms with E-state index < -0.39 is 0 Å². The van der Waals surface area contributed by atoms with Crippen LogP contribution in [0.2, 0.25) is 0 Å². The monoisotopic (exact) mass is 480 g/mol. The molecule has 6 heteroatoms. The minimum atomic E-state index is 0.0174. The summed E-state index contributed by atoms with van der Waals surface area (Å²) in [6, 6.07) is 0. The molecule has 6 nitrogen and oxygen atoms in total. The van der Waals surface area contributed by atoms with Crippen LogP contribution >= 0.6 is 0 Å². The number of aliphatic hydroxyl groups excluding tert-OH is 1. The fourth-order valence-corrected chi connectivity index (χ4v) is 3.75. The molecule has 0 saturated heterocycles. The van der Waals surface area contributed by atoms with E-state index in [-0.39, 0.29) is 18.4 Å². The molecule has 0 saturated carbocycles. The first-order valence-corrected chi connectivity index (χ1v) is 13.5. The molecule has 0 aromatic carbocycles. The normalized spacial score (nSPS) is 12.1. The number of hydrogen-bond donors (Lipinski definition) is 3. The molecule has 0 fully saturated rings. The van der Waals surface area contributed by atoms with Gasteiger partial charge in [0.2, 0.25) is 11.8 Å². The number of allylic oxidation sites excluding steroid dienone is 4. The summed E-state index contributed by atoms with van der Waals surface area (Å²) in [7, 11) is 0. The Kier molecular flexibility index (Phi) is 23.3. The summed E-state index contributed by atoms with van der Waals surface area (Å²) in [6.45, 7) is 8.45. The summed E-state index contributed by atoms with van der Waals surface area (Å²) < 4.78 is 5.12. The van der Waals surface area contributed by atoms with Gasteiger partial charge in [-0.15, -0.1) is 0 Å². The average Bonchev–Trinajstić information content (AvgIpc) is 2.81. The molecule has 0 aliphatic carbocycles. The second-order valence-corrected chi connectivity index (χ2v) is 9.15. The molecule has 0 atom stereocenters. The number of hydrogen-bond acceptors (Lipinski definition) is 4. The molecule has 0 unspecified atom stereocenters. The summed E-state index contributed by atoms with van der Waals surface area (Å²) >= 11 is 0. The first-order valence-electron chi connectivity index (χ1n) is 13.5. The van der Waals surface area contributed by atoms with Crippen molar-refractivity contribution in [1.29, 1.82) is 0 Å². The minimum absolute atomic E-state index is 0.0174. The molecule has 0 heterocycles. The van der Waals surface area contributed by atoms with Crippen molar-refractivity contribution in [2.75, 3.05) is 32.9 Å². The van der Waals surface area contributed by atoms with Crippen LogP contribution in [-0.4, -0.2) is 49.8 Å². The van der Waals surface area contributed by atoms with Crippen LogP contribution in [0, 0.1) is 0 Å². The highest BCUT2D eigenvalue weighted by Gasteiger charge is 2.01. The molecule has 0 spiro atoms. The van der Waals surface area contributed by atoms with Crippen molar-refractivity contribution in [2.24, 2.45) is 0 Å². The topological polar surface area (TPSA) is 87.7 Å². The maximum Gasteiger partial charge on any atom is 0.220 e. The molecule has 0 aliphatic heterocycles. The van der Waals surface area contributed by atoms with E-state index >= 15 is 0 Å². The van der Waals surface area contributed by atoms with Crippen molar-refractivity contribution in [3.8, 4) is 0 Å². The Morgan fingerprint density at radius 2 is 1.18 bits per heavy atom. The zero-order valence-electron chi connectivity index (χ0n) is 22.3. The van der Waals surface area contributed by atoms with Gasteiger partial charge in [0.25, 0.3) is 0 Å². The highest BCUT2D eigenvalue weighted by Crippen LogP contribution is 2.14. The van der Waals surface area contributed by atoms with Crippen molar-refractivity contribution in [3.63, 3.8) is 0 Å². The number of rotatable bonds is 23. The lowest BCUT2D eigenvalue weighted by Gasteiger charge is -2.06. The van der Waals surface area contributed by atoms with Crippen molar-refractivity contribution >= 4 is 11.8 Å². The quantitative estimate of drug-likeness (QED) is 0.131. The van der Waals surface area contributed by atoms with Gasteiger partial charge in [-0.05, 0) is 72.1 Å². The summed E-state index contributed by atoms with van der Waals surface area (Å²) in [4.78, 5) is 23.1. The first kappa shape index (κ1) is 32.3. The van der Waals surface area contributed by atoms with Gasteiger partial charge in [0.15, 0.2) is 0 Å². The molecule has 0 aliphatic rings. The summed E-state index contributed by atoms with van der Waals surface area (Å²) in [5, 5.41) is 14.3. The Balaban J connectivity index is 3.60. The van der Waals surface area contributed by atoms with Crippen molar-refractivity contribution < 1.29 is 19.4 Å². The van der Waals surface area contributed by atoms with Crippen LogP contribution < -0.4 is 10.6 Å². The Morgan fingerprint density at radius 3 is 1.65 bits per heavy atom. The zero-order chi connectivity index (χ0) is 25.3. The predicted octanol–water partition coefficient (Wildman–Crippen LogP) is 5.60. The average molecular weight is 481 g/mol. The SMILES string of the molecule is CCNC(=O)CCCCCCC(C)=CCCC=C(C)CCCCCCC(=O)NCCOCCO. The highest BCUT2D eigenvalue weighted by atomic mass is 16.5. The van der Waals surface area contributed by atoms with Gasteiger partial charge in [-0.1, -0.05) is 49.0 Å². The molecule has 0 rings (SSSR count). The van der Waals surface area contributed by atoms with Crippen LogP contribution in [-0.2, 0) is 14.3 Å². The number of unbranched alkanes of at least 4 members (excludes halogenated alkanes) is 7. The van der Waals surface area contributed by atoms with E-state index in [1.807, 2.05) is 6.92 Å². The minimum Gasteiger partial charge on any atom is -0.394 e. The molecule has 3 N–H and O–H groups in total. The van der Waals surface area contributed by atoms with E-state index in [1.54, 1.807) is 0 Å². The Bertz CT molecular complexity index is 573.